The number of carboxylic acids is 1. The molecule has 1 atom stereocenters. The Balaban J connectivity index is 2.14. The van der Waals surface area contributed by atoms with E-state index in [9.17, 15) is 9.59 Å². The second-order valence-electron chi connectivity index (χ2n) is 4.74. The van der Waals surface area contributed by atoms with E-state index in [0.29, 0.717) is 18.8 Å². The van der Waals surface area contributed by atoms with Crippen molar-refractivity contribution in [1.82, 2.24) is 4.90 Å². The molecule has 1 fully saturated rings. The number of methoxy groups -OCH3 is 2. The number of carbonyl (C=O) groups excluding carboxylic acids is 1. The summed E-state index contributed by atoms with van der Waals surface area (Å²) in [6, 6.07) is 4.09. The second kappa shape index (κ2) is 6.45. The average Bonchev–Trinajstić information content (AvgIpc) is 2.95. The Morgan fingerprint density at radius 2 is 2.14 bits per heavy atom. The number of amides is 2. The molecule has 0 aromatic heterocycles. The standard InChI is InChI=1S/C14H18N2O5/c1-20-9-3-4-11(13(17)18)12(7-9)15-14(19)16-6-5-10(8-16)21-2/h3-4,7,10H,5-6,8H2,1-2H3,(H,15,19)(H,17,18). The van der Waals surface area contributed by atoms with Gasteiger partial charge in [-0.3, -0.25) is 0 Å². The molecule has 2 amide bonds. The van der Waals surface area contributed by atoms with Crippen molar-refractivity contribution in [3.05, 3.63) is 23.8 Å². The van der Waals surface area contributed by atoms with E-state index in [-0.39, 0.29) is 23.4 Å². The number of carbonyl (C=O) groups is 2. The van der Waals surface area contributed by atoms with Gasteiger partial charge in [-0.25, -0.2) is 9.59 Å². The summed E-state index contributed by atoms with van der Waals surface area (Å²) in [5, 5.41) is 11.8. The molecule has 1 aliphatic heterocycles. The Morgan fingerprint density at radius 3 is 2.71 bits per heavy atom. The maximum absolute atomic E-state index is 12.2. The van der Waals surface area contributed by atoms with E-state index in [1.165, 1.54) is 25.3 Å². The molecule has 2 N–H and O–H groups in total. The highest BCUT2D eigenvalue weighted by Gasteiger charge is 2.26. The largest absolute Gasteiger partial charge is 0.497 e. The molecule has 0 radical (unpaired) electrons. The third-order valence-corrected chi connectivity index (χ3v) is 3.46. The van der Waals surface area contributed by atoms with Gasteiger partial charge in [-0.2, -0.15) is 0 Å². The first-order chi connectivity index (χ1) is 10.0. The van der Waals surface area contributed by atoms with Gasteiger partial charge >= 0.3 is 12.0 Å². The van der Waals surface area contributed by atoms with Crippen molar-refractivity contribution in [1.29, 1.82) is 0 Å². The number of carboxylic acid groups (broad SMARTS) is 1. The summed E-state index contributed by atoms with van der Waals surface area (Å²) in [6.07, 6.45) is 0.799. The lowest BCUT2D eigenvalue weighted by atomic mass is 10.1. The molecule has 7 nitrogen and oxygen atoms in total. The maximum Gasteiger partial charge on any atom is 0.337 e. The molecule has 1 heterocycles. The van der Waals surface area contributed by atoms with Crippen LogP contribution >= 0.6 is 0 Å². The summed E-state index contributed by atoms with van der Waals surface area (Å²) in [7, 11) is 3.09. The third kappa shape index (κ3) is 3.43. The van der Waals surface area contributed by atoms with E-state index in [1.807, 2.05) is 0 Å². The summed E-state index contributed by atoms with van der Waals surface area (Å²) in [5.41, 5.74) is 0.236. The predicted molar refractivity (Wildman–Crippen MR) is 76.0 cm³/mol. The molecular formula is C14H18N2O5. The molecule has 1 saturated heterocycles. The van der Waals surface area contributed by atoms with Crippen LogP contribution in [0.15, 0.2) is 18.2 Å². The van der Waals surface area contributed by atoms with Crippen LogP contribution in [-0.4, -0.2) is 55.4 Å². The molecule has 1 aliphatic rings. The molecule has 1 unspecified atom stereocenters. The van der Waals surface area contributed by atoms with Crippen LogP contribution < -0.4 is 10.1 Å². The fourth-order valence-electron chi connectivity index (χ4n) is 2.24. The van der Waals surface area contributed by atoms with E-state index >= 15 is 0 Å². The highest BCUT2D eigenvalue weighted by molar-refractivity contribution is 6.00. The SMILES string of the molecule is COc1ccc(C(=O)O)c(NC(=O)N2CCC(OC)C2)c1. The second-order valence-corrected chi connectivity index (χ2v) is 4.74. The smallest absolute Gasteiger partial charge is 0.337 e. The van der Waals surface area contributed by atoms with Crippen LogP contribution in [-0.2, 0) is 4.74 Å². The van der Waals surface area contributed by atoms with E-state index in [4.69, 9.17) is 14.6 Å². The van der Waals surface area contributed by atoms with Crippen molar-refractivity contribution in [2.75, 3.05) is 32.6 Å². The Morgan fingerprint density at radius 1 is 1.38 bits per heavy atom. The van der Waals surface area contributed by atoms with Crippen molar-refractivity contribution in [2.45, 2.75) is 12.5 Å². The van der Waals surface area contributed by atoms with Crippen LogP contribution in [0.1, 0.15) is 16.8 Å². The Kier molecular flexibility index (Phi) is 4.64. The van der Waals surface area contributed by atoms with Gasteiger partial charge < -0.3 is 24.8 Å². The van der Waals surface area contributed by atoms with E-state index in [0.717, 1.165) is 6.42 Å². The topological polar surface area (TPSA) is 88.1 Å². The van der Waals surface area contributed by atoms with Gasteiger partial charge in [-0.05, 0) is 18.6 Å². The van der Waals surface area contributed by atoms with Crippen LogP contribution in [0.4, 0.5) is 10.5 Å². The maximum atomic E-state index is 12.2. The highest BCUT2D eigenvalue weighted by atomic mass is 16.5. The number of ether oxygens (including phenoxy) is 2. The van der Waals surface area contributed by atoms with Crippen LogP contribution in [0, 0.1) is 0 Å². The summed E-state index contributed by atoms with van der Waals surface area (Å²) in [6.45, 7) is 1.07. The molecule has 0 saturated carbocycles. The molecular weight excluding hydrogens is 276 g/mol. The number of likely N-dealkylation sites (tertiary alicyclic amines) is 1. The van der Waals surface area contributed by atoms with Gasteiger partial charge in [-0.1, -0.05) is 0 Å². The van der Waals surface area contributed by atoms with Crippen LogP contribution in [0.25, 0.3) is 0 Å². The number of nitrogens with one attached hydrogen (secondary N) is 1. The zero-order chi connectivity index (χ0) is 15.4. The first-order valence-electron chi connectivity index (χ1n) is 6.55. The van der Waals surface area contributed by atoms with E-state index in [1.54, 1.807) is 12.0 Å². The van der Waals surface area contributed by atoms with Gasteiger partial charge in [0.2, 0.25) is 0 Å². The van der Waals surface area contributed by atoms with Gasteiger partial charge in [-0.15, -0.1) is 0 Å². The minimum Gasteiger partial charge on any atom is -0.497 e. The molecule has 1 aromatic carbocycles. The zero-order valence-corrected chi connectivity index (χ0v) is 12.0. The van der Waals surface area contributed by atoms with E-state index in [2.05, 4.69) is 5.32 Å². The van der Waals surface area contributed by atoms with Crippen LogP contribution in [0.3, 0.4) is 0 Å². The third-order valence-electron chi connectivity index (χ3n) is 3.46. The quantitative estimate of drug-likeness (QED) is 0.881. The monoisotopic (exact) mass is 294 g/mol. The number of rotatable bonds is 4. The zero-order valence-electron chi connectivity index (χ0n) is 12.0. The first-order valence-corrected chi connectivity index (χ1v) is 6.55. The fourth-order valence-corrected chi connectivity index (χ4v) is 2.24. The molecule has 2 rings (SSSR count). The Labute approximate surface area is 122 Å². The summed E-state index contributed by atoms with van der Waals surface area (Å²) >= 11 is 0. The van der Waals surface area contributed by atoms with Crippen molar-refractivity contribution in [2.24, 2.45) is 0 Å². The normalized spacial score (nSPS) is 17.6. The van der Waals surface area contributed by atoms with Crippen molar-refractivity contribution in [3.63, 3.8) is 0 Å². The molecule has 0 aliphatic carbocycles. The molecule has 21 heavy (non-hydrogen) atoms. The number of aromatic carboxylic acids is 1. The van der Waals surface area contributed by atoms with E-state index < -0.39 is 5.97 Å². The van der Waals surface area contributed by atoms with Gasteiger partial charge in [0.15, 0.2) is 0 Å². The minimum absolute atomic E-state index is 0.0200. The summed E-state index contributed by atoms with van der Waals surface area (Å²) in [4.78, 5) is 25.0. The van der Waals surface area contributed by atoms with Gasteiger partial charge in [0.1, 0.15) is 5.75 Å². The number of anilines is 1. The van der Waals surface area contributed by atoms with Crippen molar-refractivity contribution >= 4 is 17.7 Å². The first kappa shape index (κ1) is 15.1. The Bertz CT molecular complexity index is 546. The summed E-state index contributed by atoms with van der Waals surface area (Å²) in [5.74, 6) is -0.629. The molecule has 0 spiro atoms. The Hall–Kier alpha value is -2.28. The molecule has 0 bridgehead atoms. The number of urea groups is 1. The number of nitrogens with zero attached hydrogens (tertiary/aromatic N) is 1. The number of benzene rings is 1. The molecule has 7 heteroatoms. The lowest BCUT2D eigenvalue weighted by Gasteiger charge is -2.18. The van der Waals surface area contributed by atoms with Gasteiger partial charge in [0.05, 0.1) is 24.5 Å². The fraction of sp³-hybridized carbons (Fsp3) is 0.429. The lowest BCUT2D eigenvalue weighted by Crippen LogP contribution is -2.34. The average molecular weight is 294 g/mol. The van der Waals surface area contributed by atoms with Crippen molar-refractivity contribution < 1.29 is 24.2 Å². The highest BCUT2D eigenvalue weighted by Crippen LogP contribution is 2.23. The predicted octanol–water partition coefficient (Wildman–Crippen LogP) is 1.65. The summed E-state index contributed by atoms with van der Waals surface area (Å²) < 4.78 is 10.3. The minimum atomic E-state index is -1.11. The van der Waals surface area contributed by atoms with Gasteiger partial charge in [0, 0.05) is 26.3 Å². The lowest BCUT2D eigenvalue weighted by molar-refractivity contribution is 0.0698. The number of hydrogen-bond donors (Lipinski definition) is 2. The van der Waals surface area contributed by atoms with Gasteiger partial charge in [0.25, 0.3) is 0 Å². The van der Waals surface area contributed by atoms with Crippen LogP contribution in [0.5, 0.6) is 5.75 Å². The van der Waals surface area contributed by atoms with Crippen molar-refractivity contribution in [3.8, 4) is 5.75 Å². The molecule has 114 valence electrons. The van der Waals surface area contributed by atoms with Crippen LogP contribution in [0.2, 0.25) is 0 Å². The number of hydrogen-bond acceptors (Lipinski definition) is 4. The molecule has 1 aromatic rings.